The first-order valence-electron chi connectivity index (χ1n) is 12.3. The molecule has 38 heavy (non-hydrogen) atoms. The minimum atomic E-state index is -4.31. The van der Waals surface area contributed by atoms with Crippen LogP contribution >= 0.6 is 0 Å². The Morgan fingerprint density at radius 3 is 1.66 bits per heavy atom. The number of benzene rings is 5. The standard InChI is InChI=1S/C14H12N2O3.3C6H5.Sn/c1-9-6-7-13(17)12(8-9)16-15-11-5-3-2-4-10(11)14(18)19;3*1-2-4-6-5-3-1;/h2-8,17H,1H3,(H,18,19);3*1-5H;/q;;;;+1/p-1. The molecule has 0 fully saturated rings. The van der Waals surface area contributed by atoms with Gasteiger partial charge in [0.15, 0.2) is 0 Å². The number of hydrogen-bond donors (Lipinski definition) is 1. The van der Waals surface area contributed by atoms with Crippen molar-refractivity contribution in [2.24, 2.45) is 10.2 Å². The molecule has 0 unspecified atom stereocenters. The summed E-state index contributed by atoms with van der Waals surface area (Å²) >= 11 is -4.31. The van der Waals surface area contributed by atoms with Gasteiger partial charge in [0.05, 0.1) is 0 Å². The summed E-state index contributed by atoms with van der Waals surface area (Å²) in [6.07, 6.45) is 0. The van der Waals surface area contributed by atoms with Gasteiger partial charge in [-0.1, -0.05) is 0 Å². The van der Waals surface area contributed by atoms with Crippen LogP contribution < -0.4 is 10.7 Å². The molecule has 5 aromatic carbocycles. The van der Waals surface area contributed by atoms with Gasteiger partial charge in [-0.15, -0.1) is 0 Å². The molecule has 0 amide bonds. The maximum atomic E-state index is 14.0. The Morgan fingerprint density at radius 2 is 1.11 bits per heavy atom. The van der Waals surface area contributed by atoms with Gasteiger partial charge in [0, 0.05) is 0 Å². The van der Waals surface area contributed by atoms with E-state index < -0.39 is 24.8 Å². The zero-order valence-electron chi connectivity index (χ0n) is 20.9. The molecule has 5 nitrogen and oxygen atoms in total. The summed E-state index contributed by atoms with van der Waals surface area (Å²) in [5.74, 6) is -0.438. The van der Waals surface area contributed by atoms with Gasteiger partial charge in [-0.2, -0.15) is 0 Å². The molecule has 0 spiro atoms. The first-order valence-corrected chi connectivity index (χ1v) is 17.7. The van der Waals surface area contributed by atoms with Crippen LogP contribution in [0.5, 0.6) is 5.75 Å². The zero-order chi connectivity index (χ0) is 26.4. The summed E-state index contributed by atoms with van der Waals surface area (Å²) in [5.41, 5.74) is 1.96. The molecule has 6 heteroatoms. The van der Waals surface area contributed by atoms with Gasteiger partial charge in [0.1, 0.15) is 0 Å². The second-order valence-electron chi connectivity index (χ2n) is 8.88. The number of rotatable bonds is 7. The van der Waals surface area contributed by atoms with Crippen LogP contribution in [0.2, 0.25) is 0 Å². The summed E-state index contributed by atoms with van der Waals surface area (Å²) in [5, 5.41) is 18.8. The quantitative estimate of drug-likeness (QED) is 0.185. The molecule has 0 atom stereocenters. The molecule has 0 aliphatic carbocycles. The van der Waals surface area contributed by atoms with Gasteiger partial charge >= 0.3 is 227 Å². The summed E-state index contributed by atoms with van der Waals surface area (Å²) in [6.45, 7) is 1.91. The van der Waals surface area contributed by atoms with Crippen molar-refractivity contribution in [2.75, 3.05) is 0 Å². The van der Waals surface area contributed by atoms with Gasteiger partial charge < -0.3 is 0 Å². The average molecular weight is 605 g/mol. The first kappa shape index (κ1) is 25.4. The van der Waals surface area contributed by atoms with E-state index in [1.165, 1.54) is 0 Å². The third-order valence-electron chi connectivity index (χ3n) is 6.31. The van der Waals surface area contributed by atoms with E-state index in [1.54, 1.807) is 42.5 Å². The molecular weight excluding hydrogens is 579 g/mol. The van der Waals surface area contributed by atoms with E-state index in [4.69, 9.17) is 3.07 Å². The fourth-order valence-electron chi connectivity index (χ4n) is 4.44. The maximum absolute atomic E-state index is 14.0. The van der Waals surface area contributed by atoms with Gasteiger partial charge in [0.25, 0.3) is 0 Å². The van der Waals surface area contributed by atoms with Gasteiger partial charge in [-0.05, 0) is 0 Å². The van der Waals surface area contributed by atoms with Crippen molar-refractivity contribution in [3.63, 3.8) is 0 Å². The Morgan fingerprint density at radius 1 is 0.632 bits per heavy atom. The summed E-state index contributed by atoms with van der Waals surface area (Å²) in [4.78, 5) is 14.0. The molecule has 0 aromatic heterocycles. The fourth-order valence-corrected chi connectivity index (χ4v) is 15.1. The minimum absolute atomic E-state index is 0.0202. The normalized spacial score (nSPS) is 11.4. The number of azo groups is 1. The molecule has 0 saturated carbocycles. The van der Waals surface area contributed by atoms with E-state index in [0.717, 1.165) is 16.3 Å². The van der Waals surface area contributed by atoms with E-state index in [1.807, 2.05) is 61.5 Å². The summed E-state index contributed by atoms with van der Waals surface area (Å²) in [6, 6.07) is 42.2. The second kappa shape index (κ2) is 11.4. The third kappa shape index (κ3) is 5.24. The first-order chi connectivity index (χ1) is 18.6. The number of hydrogen-bond acceptors (Lipinski definition) is 5. The monoisotopic (exact) mass is 606 g/mol. The molecule has 0 radical (unpaired) electrons. The molecule has 186 valence electrons. The van der Waals surface area contributed by atoms with Crippen LogP contribution in [0.25, 0.3) is 0 Å². The zero-order valence-corrected chi connectivity index (χ0v) is 23.7. The number of aromatic hydroxyl groups is 1. The van der Waals surface area contributed by atoms with Crippen LogP contribution in [0.15, 0.2) is 144 Å². The molecule has 0 aliphatic heterocycles. The van der Waals surface area contributed by atoms with Crippen LogP contribution in [0, 0.1) is 6.92 Å². The SMILES string of the molecule is Cc1ccc(O)c(N=Nc2ccccc2C(=O)[O][Sn]([c]2ccccc2)([c]2ccccc2)[c]2ccccc2)c1. The van der Waals surface area contributed by atoms with Crippen LogP contribution in [0.3, 0.4) is 0 Å². The Balaban J connectivity index is 1.62. The number of phenols is 1. The van der Waals surface area contributed by atoms with Crippen molar-refractivity contribution >= 4 is 46.9 Å². The number of aryl methyl sites for hydroxylation is 1. The predicted molar refractivity (Wildman–Crippen MR) is 153 cm³/mol. The Kier molecular flexibility index (Phi) is 7.65. The van der Waals surface area contributed by atoms with Crippen molar-refractivity contribution < 1.29 is 13.0 Å². The Bertz CT molecular complexity index is 1480. The second-order valence-corrected chi connectivity index (χ2v) is 18.3. The number of carbonyl (C=O) groups excluding carboxylic acids is 1. The predicted octanol–water partition coefficient (Wildman–Crippen LogP) is 5.94. The Hall–Kier alpha value is -4.23. The van der Waals surface area contributed by atoms with Gasteiger partial charge in [0.2, 0.25) is 0 Å². The van der Waals surface area contributed by atoms with Gasteiger partial charge in [-0.3, -0.25) is 0 Å². The van der Waals surface area contributed by atoms with Crippen molar-refractivity contribution in [3.8, 4) is 5.75 Å². The van der Waals surface area contributed by atoms with Gasteiger partial charge in [-0.25, -0.2) is 0 Å². The van der Waals surface area contributed by atoms with E-state index in [-0.39, 0.29) is 5.75 Å². The van der Waals surface area contributed by atoms with E-state index in [9.17, 15) is 9.90 Å². The Labute approximate surface area is 226 Å². The summed E-state index contributed by atoms with van der Waals surface area (Å²) < 4.78 is 9.81. The third-order valence-corrected chi connectivity index (χ3v) is 17.5. The van der Waals surface area contributed by atoms with Crippen LogP contribution in [-0.2, 0) is 3.07 Å². The van der Waals surface area contributed by atoms with E-state index in [2.05, 4.69) is 46.6 Å². The summed E-state index contributed by atoms with van der Waals surface area (Å²) in [7, 11) is 0. The molecule has 0 heterocycles. The van der Waals surface area contributed by atoms with Crippen molar-refractivity contribution in [1.82, 2.24) is 0 Å². The molecule has 5 rings (SSSR count). The topological polar surface area (TPSA) is 71.2 Å². The molecule has 5 aromatic rings. The number of phenolic OH excluding ortho intramolecular Hbond substituents is 1. The van der Waals surface area contributed by atoms with Crippen LogP contribution in [0.4, 0.5) is 11.4 Å². The van der Waals surface area contributed by atoms with Crippen molar-refractivity contribution in [3.05, 3.63) is 145 Å². The molecule has 1 N–H and O–H groups in total. The molecule has 0 bridgehead atoms. The molecule has 0 aliphatic rings. The number of carbonyl (C=O) groups is 1. The number of nitrogens with zero attached hydrogens (tertiary/aromatic N) is 2. The fraction of sp³-hybridized carbons (Fsp3) is 0.0312. The van der Waals surface area contributed by atoms with Crippen molar-refractivity contribution in [1.29, 1.82) is 0 Å². The van der Waals surface area contributed by atoms with Crippen molar-refractivity contribution in [2.45, 2.75) is 6.92 Å². The average Bonchev–Trinajstić information content (AvgIpc) is 2.98. The van der Waals surface area contributed by atoms with Crippen LogP contribution in [0.1, 0.15) is 15.9 Å². The van der Waals surface area contributed by atoms with Crippen LogP contribution in [-0.4, -0.2) is 29.9 Å². The molecular formula is C32H26N2O3Sn. The molecule has 0 saturated heterocycles. The van der Waals surface area contributed by atoms with E-state index >= 15 is 0 Å². The van der Waals surface area contributed by atoms with E-state index in [0.29, 0.717) is 16.9 Å².